The standard InChI is InChI=1S/C14H10IN3S2/c15-9-5-7-10(8-6-9)16-13(19)18-14-17-11-3-1-2-4-12(11)20-14/h1-8H,(H2,16,17,18,19). The van der Waals surface area contributed by atoms with Crippen molar-refractivity contribution in [1.29, 1.82) is 0 Å². The maximum absolute atomic E-state index is 5.30. The molecule has 100 valence electrons. The monoisotopic (exact) mass is 411 g/mol. The summed E-state index contributed by atoms with van der Waals surface area (Å²) < 4.78 is 2.34. The molecule has 6 heteroatoms. The largest absolute Gasteiger partial charge is 0.332 e. The Morgan fingerprint density at radius 1 is 1.05 bits per heavy atom. The first-order valence-corrected chi connectivity index (χ1v) is 8.20. The number of rotatable bonds is 2. The van der Waals surface area contributed by atoms with E-state index in [0.717, 1.165) is 21.0 Å². The van der Waals surface area contributed by atoms with E-state index in [2.05, 4.69) is 38.2 Å². The maximum atomic E-state index is 5.30. The number of para-hydroxylation sites is 1. The second-order valence-electron chi connectivity index (χ2n) is 4.07. The Kier molecular flexibility index (Phi) is 4.13. The molecule has 0 fully saturated rings. The zero-order valence-corrected chi connectivity index (χ0v) is 14.1. The van der Waals surface area contributed by atoms with Gasteiger partial charge in [-0.1, -0.05) is 23.5 Å². The molecule has 0 bridgehead atoms. The van der Waals surface area contributed by atoms with Gasteiger partial charge in [-0.3, -0.25) is 0 Å². The van der Waals surface area contributed by atoms with Crippen LogP contribution in [-0.2, 0) is 0 Å². The molecule has 0 saturated carbocycles. The summed E-state index contributed by atoms with van der Waals surface area (Å²) >= 11 is 9.16. The molecule has 3 aromatic rings. The van der Waals surface area contributed by atoms with E-state index in [0.29, 0.717) is 5.11 Å². The van der Waals surface area contributed by atoms with Crippen LogP contribution in [0, 0.1) is 3.57 Å². The Balaban J connectivity index is 1.70. The third-order valence-corrected chi connectivity index (χ3v) is 4.49. The zero-order chi connectivity index (χ0) is 13.9. The molecule has 0 aliphatic rings. The van der Waals surface area contributed by atoms with E-state index in [-0.39, 0.29) is 0 Å². The molecule has 0 spiro atoms. The fourth-order valence-electron chi connectivity index (χ4n) is 1.72. The van der Waals surface area contributed by atoms with E-state index in [9.17, 15) is 0 Å². The highest BCUT2D eigenvalue weighted by Gasteiger charge is 2.05. The summed E-state index contributed by atoms with van der Waals surface area (Å²) in [5.41, 5.74) is 1.95. The van der Waals surface area contributed by atoms with Crippen molar-refractivity contribution < 1.29 is 0 Å². The Morgan fingerprint density at radius 3 is 2.55 bits per heavy atom. The Bertz CT molecular complexity index is 719. The number of fused-ring (bicyclic) bond motifs is 1. The van der Waals surface area contributed by atoms with Crippen molar-refractivity contribution in [3.63, 3.8) is 0 Å². The number of aromatic nitrogens is 1. The van der Waals surface area contributed by atoms with Crippen LogP contribution in [0.2, 0.25) is 0 Å². The lowest BCUT2D eigenvalue weighted by Gasteiger charge is -2.08. The van der Waals surface area contributed by atoms with Crippen LogP contribution in [0.4, 0.5) is 10.8 Å². The number of nitrogens with zero attached hydrogens (tertiary/aromatic N) is 1. The molecule has 0 amide bonds. The van der Waals surface area contributed by atoms with Crippen LogP contribution in [0.5, 0.6) is 0 Å². The van der Waals surface area contributed by atoms with Crippen LogP contribution in [0.3, 0.4) is 0 Å². The van der Waals surface area contributed by atoms with E-state index in [4.69, 9.17) is 12.2 Å². The van der Waals surface area contributed by atoms with Gasteiger partial charge in [0.1, 0.15) is 0 Å². The van der Waals surface area contributed by atoms with Gasteiger partial charge in [0.05, 0.1) is 10.2 Å². The lowest BCUT2D eigenvalue weighted by Crippen LogP contribution is -2.18. The van der Waals surface area contributed by atoms with Gasteiger partial charge in [-0.15, -0.1) is 0 Å². The van der Waals surface area contributed by atoms with Crippen LogP contribution >= 0.6 is 46.1 Å². The van der Waals surface area contributed by atoms with Crippen molar-refractivity contribution in [3.8, 4) is 0 Å². The van der Waals surface area contributed by atoms with Crippen LogP contribution in [-0.4, -0.2) is 10.1 Å². The lowest BCUT2D eigenvalue weighted by molar-refractivity contribution is 1.47. The molecule has 0 radical (unpaired) electrons. The number of halogens is 1. The van der Waals surface area contributed by atoms with Gasteiger partial charge in [0.15, 0.2) is 10.2 Å². The summed E-state index contributed by atoms with van der Waals surface area (Å²) in [6, 6.07) is 16.1. The summed E-state index contributed by atoms with van der Waals surface area (Å²) in [6.45, 7) is 0. The minimum atomic E-state index is 0.547. The Hall–Kier alpha value is -1.25. The van der Waals surface area contributed by atoms with E-state index < -0.39 is 0 Å². The van der Waals surface area contributed by atoms with Gasteiger partial charge in [-0.2, -0.15) is 0 Å². The molecule has 0 aliphatic heterocycles. The molecule has 2 aromatic carbocycles. The number of hydrogen-bond donors (Lipinski definition) is 2. The second-order valence-corrected chi connectivity index (χ2v) is 6.76. The highest BCUT2D eigenvalue weighted by molar-refractivity contribution is 14.1. The Morgan fingerprint density at radius 2 is 1.80 bits per heavy atom. The third kappa shape index (κ3) is 3.25. The smallest absolute Gasteiger partial charge is 0.190 e. The summed E-state index contributed by atoms with van der Waals surface area (Å²) in [5, 5.41) is 7.61. The van der Waals surface area contributed by atoms with Gasteiger partial charge in [-0.25, -0.2) is 4.98 Å². The lowest BCUT2D eigenvalue weighted by atomic mass is 10.3. The molecule has 1 aromatic heterocycles. The maximum Gasteiger partial charge on any atom is 0.190 e. The highest BCUT2D eigenvalue weighted by Crippen LogP contribution is 2.25. The molecule has 0 aliphatic carbocycles. The molecular weight excluding hydrogens is 401 g/mol. The van der Waals surface area contributed by atoms with Gasteiger partial charge in [0.25, 0.3) is 0 Å². The molecule has 2 N–H and O–H groups in total. The molecule has 0 unspecified atom stereocenters. The van der Waals surface area contributed by atoms with E-state index >= 15 is 0 Å². The molecule has 3 rings (SSSR count). The number of nitrogens with one attached hydrogen (secondary N) is 2. The summed E-state index contributed by atoms with van der Waals surface area (Å²) in [6.07, 6.45) is 0. The van der Waals surface area contributed by atoms with Crippen molar-refractivity contribution in [2.24, 2.45) is 0 Å². The van der Waals surface area contributed by atoms with E-state index in [1.807, 2.05) is 48.5 Å². The van der Waals surface area contributed by atoms with Gasteiger partial charge in [-0.05, 0) is 71.2 Å². The first-order chi connectivity index (χ1) is 9.70. The zero-order valence-electron chi connectivity index (χ0n) is 10.3. The second kappa shape index (κ2) is 6.02. The third-order valence-electron chi connectivity index (χ3n) is 2.62. The predicted octanol–water partition coefficient (Wildman–Crippen LogP) is 4.71. The Labute approximate surface area is 139 Å². The number of thiazole rings is 1. The number of benzene rings is 2. The van der Waals surface area contributed by atoms with Gasteiger partial charge >= 0.3 is 0 Å². The average Bonchev–Trinajstić information content (AvgIpc) is 2.83. The molecular formula is C14H10IN3S2. The minimum Gasteiger partial charge on any atom is -0.332 e. The highest BCUT2D eigenvalue weighted by atomic mass is 127. The fraction of sp³-hybridized carbons (Fsp3) is 0. The number of anilines is 2. The normalized spacial score (nSPS) is 10.4. The summed E-state index contributed by atoms with van der Waals surface area (Å²) in [7, 11) is 0. The van der Waals surface area contributed by atoms with Crippen LogP contribution in [0.1, 0.15) is 0 Å². The molecule has 1 heterocycles. The predicted molar refractivity (Wildman–Crippen MR) is 98.6 cm³/mol. The van der Waals surface area contributed by atoms with Crippen LogP contribution in [0.15, 0.2) is 48.5 Å². The van der Waals surface area contributed by atoms with Gasteiger partial charge in [0, 0.05) is 9.26 Å². The molecule has 0 atom stereocenters. The first-order valence-electron chi connectivity index (χ1n) is 5.90. The SMILES string of the molecule is S=C(Nc1ccc(I)cc1)Nc1nc2ccccc2s1. The molecule has 20 heavy (non-hydrogen) atoms. The molecule has 3 nitrogen and oxygen atoms in total. The van der Waals surface area contributed by atoms with Crippen LogP contribution in [0.25, 0.3) is 10.2 Å². The van der Waals surface area contributed by atoms with Crippen molar-refractivity contribution in [2.45, 2.75) is 0 Å². The topological polar surface area (TPSA) is 37.0 Å². The van der Waals surface area contributed by atoms with Crippen LogP contribution < -0.4 is 10.6 Å². The molecule has 0 saturated heterocycles. The van der Waals surface area contributed by atoms with E-state index in [1.54, 1.807) is 11.3 Å². The minimum absolute atomic E-state index is 0.547. The van der Waals surface area contributed by atoms with Crippen molar-refractivity contribution in [1.82, 2.24) is 4.98 Å². The number of thiocarbonyl (C=S) groups is 1. The summed E-state index contributed by atoms with van der Waals surface area (Å²) in [4.78, 5) is 4.49. The summed E-state index contributed by atoms with van der Waals surface area (Å²) in [5.74, 6) is 0. The van der Waals surface area contributed by atoms with Crippen molar-refractivity contribution in [3.05, 3.63) is 52.1 Å². The average molecular weight is 411 g/mol. The first kappa shape index (κ1) is 13.7. The fourth-order valence-corrected chi connectivity index (χ4v) is 3.23. The van der Waals surface area contributed by atoms with Gasteiger partial charge in [0.2, 0.25) is 0 Å². The van der Waals surface area contributed by atoms with Crippen molar-refractivity contribution >= 4 is 72.3 Å². The van der Waals surface area contributed by atoms with Crippen molar-refractivity contribution in [2.75, 3.05) is 10.6 Å². The number of hydrogen-bond acceptors (Lipinski definition) is 3. The van der Waals surface area contributed by atoms with E-state index in [1.165, 1.54) is 3.57 Å². The van der Waals surface area contributed by atoms with Gasteiger partial charge < -0.3 is 10.6 Å². The quantitative estimate of drug-likeness (QED) is 0.473.